The molecule has 2 N–H and O–H groups in total. The molecular weight excluding hydrogens is 386 g/mol. The maximum Gasteiger partial charge on any atom is 0.230 e. The number of aromatic nitrogens is 3. The highest BCUT2D eigenvalue weighted by atomic mass is 32.2. The second-order valence-corrected chi connectivity index (χ2v) is 8.56. The van der Waals surface area contributed by atoms with E-state index < -0.39 is 0 Å². The van der Waals surface area contributed by atoms with Crippen molar-refractivity contribution in [1.29, 1.82) is 0 Å². The van der Waals surface area contributed by atoms with E-state index in [0.717, 1.165) is 12.0 Å². The summed E-state index contributed by atoms with van der Waals surface area (Å²) in [6.07, 6.45) is 5.02. The van der Waals surface area contributed by atoms with E-state index >= 15 is 0 Å². The molecule has 0 spiro atoms. The van der Waals surface area contributed by atoms with Gasteiger partial charge in [-0.05, 0) is 24.3 Å². The molecule has 1 aromatic carbocycles. The molecule has 29 heavy (non-hydrogen) atoms. The fraction of sp³-hybridized carbons (Fsp3) is 0.524. The van der Waals surface area contributed by atoms with Gasteiger partial charge in [-0.2, -0.15) is 0 Å². The summed E-state index contributed by atoms with van der Waals surface area (Å²) in [6, 6.07) is 9.90. The molecule has 1 heterocycles. The van der Waals surface area contributed by atoms with Crippen molar-refractivity contribution in [3.63, 3.8) is 0 Å². The smallest absolute Gasteiger partial charge is 0.230 e. The Bertz CT molecular complexity index is 824. The fourth-order valence-electron chi connectivity index (χ4n) is 3.56. The van der Waals surface area contributed by atoms with Gasteiger partial charge in [-0.3, -0.25) is 9.59 Å². The lowest BCUT2D eigenvalue weighted by Crippen LogP contribution is -2.41. The Balaban J connectivity index is 1.44. The lowest BCUT2D eigenvalue weighted by Gasteiger charge is -2.29. The van der Waals surface area contributed by atoms with Crippen molar-refractivity contribution in [3.8, 4) is 0 Å². The third-order valence-corrected chi connectivity index (χ3v) is 6.39. The van der Waals surface area contributed by atoms with Crippen LogP contribution >= 0.6 is 11.8 Å². The number of hydrogen-bond acceptors (Lipinski definition) is 5. The molecule has 2 aromatic rings. The van der Waals surface area contributed by atoms with Crippen LogP contribution in [0.4, 0.5) is 0 Å². The number of carbonyl (C=O) groups is 2. The lowest BCUT2D eigenvalue weighted by molar-refractivity contribution is -0.121. The third-order valence-electron chi connectivity index (χ3n) is 5.37. The van der Waals surface area contributed by atoms with Crippen LogP contribution in [0, 0.1) is 5.92 Å². The molecule has 0 unspecified atom stereocenters. The Hall–Kier alpha value is -2.35. The van der Waals surface area contributed by atoms with Gasteiger partial charge in [0.1, 0.15) is 0 Å². The van der Waals surface area contributed by atoms with Crippen LogP contribution in [0.1, 0.15) is 44.0 Å². The number of thioether (sulfide) groups is 1. The summed E-state index contributed by atoms with van der Waals surface area (Å²) in [7, 11) is 1.85. The van der Waals surface area contributed by atoms with Gasteiger partial charge in [0, 0.05) is 13.1 Å². The number of carbonyl (C=O) groups excluding carboxylic acids is 2. The highest BCUT2D eigenvalue weighted by Gasteiger charge is 2.23. The monoisotopic (exact) mass is 415 g/mol. The summed E-state index contributed by atoms with van der Waals surface area (Å²) in [5.74, 6) is 1.49. The minimum Gasteiger partial charge on any atom is -0.352 e. The van der Waals surface area contributed by atoms with Crippen molar-refractivity contribution in [2.75, 3.05) is 5.75 Å². The number of rotatable bonds is 8. The first kappa shape index (κ1) is 21.4. The molecule has 1 fully saturated rings. The fourth-order valence-corrected chi connectivity index (χ4v) is 4.30. The second kappa shape index (κ2) is 10.4. The molecule has 0 radical (unpaired) electrons. The number of nitrogens with one attached hydrogen (secondary N) is 2. The molecule has 2 amide bonds. The minimum absolute atomic E-state index is 0.0365. The first-order chi connectivity index (χ1) is 14.0. The van der Waals surface area contributed by atoms with Crippen molar-refractivity contribution in [2.45, 2.75) is 56.8 Å². The van der Waals surface area contributed by atoms with E-state index in [1.165, 1.54) is 31.0 Å². The number of nitrogens with zero attached hydrogens (tertiary/aromatic N) is 3. The summed E-state index contributed by atoms with van der Waals surface area (Å²) < 4.78 is 1.82. The minimum atomic E-state index is -0.0608. The lowest BCUT2D eigenvalue weighted by atomic mass is 9.86. The quantitative estimate of drug-likeness (QED) is 0.647. The van der Waals surface area contributed by atoms with Crippen LogP contribution in [-0.4, -0.2) is 38.4 Å². The van der Waals surface area contributed by atoms with E-state index in [0.29, 0.717) is 35.6 Å². The summed E-state index contributed by atoms with van der Waals surface area (Å²) in [5, 5.41) is 15.0. The molecule has 1 aromatic heterocycles. The first-order valence-electron chi connectivity index (χ1n) is 10.1. The van der Waals surface area contributed by atoms with Gasteiger partial charge in [-0.25, -0.2) is 0 Å². The standard InChI is InChI=1S/C21H29N5O2S/c1-15-8-6-7-11-17(15)23-20(28)14-29-21-25-24-18(26(21)2)13-22-19(27)12-16-9-4-3-5-10-16/h3-5,9-10,15,17H,6-8,11-14H2,1-2H3,(H,22,27)(H,23,28)/t15-,17+/m0/s1. The van der Waals surface area contributed by atoms with Crippen LogP contribution in [0.2, 0.25) is 0 Å². The molecule has 0 aliphatic heterocycles. The van der Waals surface area contributed by atoms with Gasteiger partial charge in [0.05, 0.1) is 18.7 Å². The van der Waals surface area contributed by atoms with Crippen LogP contribution in [0.5, 0.6) is 0 Å². The Labute approximate surface area is 176 Å². The average molecular weight is 416 g/mol. The van der Waals surface area contributed by atoms with E-state index in [1.54, 1.807) is 0 Å². The predicted octanol–water partition coefficient (Wildman–Crippen LogP) is 2.46. The first-order valence-corrected chi connectivity index (χ1v) is 11.1. The predicted molar refractivity (Wildman–Crippen MR) is 113 cm³/mol. The summed E-state index contributed by atoms with van der Waals surface area (Å²) in [5.41, 5.74) is 0.970. The molecule has 1 saturated carbocycles. The van der Waals surface area contributed by atoms with Crippen LogP contribution in [0.3, 0.4) is 0 Å². The van der Waals surface area contributed by atoms with Crippen LogP contribution in [0.15, 0.2) is 35.5 Å². The topological polar surface area (TPSA) is 88.9 Å². The highest BCUT2D eigenvalue weighted by Crippen LogP contribution is 2.24. The Morgan fingerprint density at radius 3 is 2.66 bits per heavy atom. The normalized spacial score (nSPS) is 19.0. The molecule has 1 aliphatic carbocycles. The molecule has 8 heteroatoms. The Kier molecular flexibility index (Phi) is 7.69. The average Bonchev–Trinajstić information content (AvgIpc) is 3.07. The third kappa shape index (κ3) is 6.32. The van der Waals surface area contributed by atoms with Gasteiger partial charge in [0.15, 0.2) is 11.0 Å². The largest absolute Gasteiger partial charge is 0.352 e. The van der Waals surface area contributed by atoms with Gasteiger partial charge in [0.25, 0.3) is 0 Å². The van der Waals surface area contributed by atoms with Gasteiger partial charge in [0.2, 0.25) is 11.8 Å². The number of benzene rings is 1. The Morgan fingerprint density at radius 2 is 1.90 bits per heavy atom. The molecule has 3 rings (SSSR count). The van der Waals surface area contributed by atoms with Gasteiger partial charge >= 0.3 is 0 Å². The van der Waals surface area contributed by atoms with E-state index in [-0.39, 0.29) is 17.9 Å². The number of amides is 2. The van der Waals surface area contributed by atoms with Gasteiger partial charge in [-0.1, -0.05) is 61.9 Å². The van der Waals surface area contributed by atoms with Gasteiger partial charge in [-0.15, -0.1) is 10.2 Å². The SMILES string of the molecule is C[C@H]1CCCC[C@H]1NC(=O)CSc1nnc(CNC(=O)Cc2ccccc2)n1C. The molecule has 0 bridgehead atoms. The van der Waals surface area contributed by atoms with Crippen molar-refractivity contribution in [3.05, 3.63) is 41.7 Å². The maximum atomic E-state index is 12.3. The molecule has 0 saturated heterocycles. The molecule has 1 aliphatic rings. The zero-order chi connectivity index (χ0) is 20.6. The van der Waals surface area contributed by atoms with Crippen molar-refractivity contribution >= 4 is 23.6 Å². The molecule has 156 valence electrons. The van der Waals surface area contributed by atoms with E-state index in [4.69, 9.17) is 0 Å². The van der Waals surface area contributed by atoms with Gasteiger partial charge < -0.3 is 15.2 Å². The molecule has 7 nitrogen and oxygen atoms in total. The summed E-state index contributed by atoms with van der Waals surface area (Å²) >= 11 is 1.37. The Morgan fingerprint density at radius 1 is 1.14 bits per heavy atom. The second-order valence-electron chi connectivity index (χ2n) is 7.62. The summed E-state index contributed by atoms with van der Waals surface area (Å²) in [6.45, 7) is 2.51. The maximum absolute atomic E-state index is 12.3. The van der Waals surface area contributed by atoms with Crippen molar-refractivity contribution in [1.82, 2.24) is 25.4 Å². The van der Waals surface area contributed by atoms with E-state index in [1.807, 2.05) is 41.9 Å². The summed E-state index contributed by atoms with van der Waals surface area (Å²) in [4.78, 5) is 24.4. The van der Waals surface area contributed by atoms with Crippen LogP contribution in [-0.2, 0) is 29.6 Å². The zero-order valence-corrected chi connectivity index (χ0v) is 17.9. The van der Waals surface area contributed by atoms with E-state index in [2.05, 4.69) is 27.8 Å². The van der Waals surface area contributed by atoms with Crippen molar-refractivity contribution in [2.24, 2.45) is 13.0 Å². The van der Waals surface area contributed by atoms with Crippen molar-refractivity contribution < 1.29 is 9.59 Å². The highest BCUT2D eigenvalue weighted by molar-refractivity contribution is 7.99. The molecule has 2 atom stereocenters. The molecular formula is C21H29N5O2S. The van der Waals surface area contributed by atoms with Crippen LogP contribution < -0.4 is 10.6 Å². The van der Waals surface area contributed by atoms with Crippen LogP contribution in [0.25, 0.3) is 0 Å². The number of hydrogen-bond donors (Lipinski definition) is 2. The van der Waals surface area contributed by atoms with E-state index in [9.17, 15) is 9.59 Å². The zero-order valence-electron chi connectivity index (χ0n) is 17.1.